The van der Waals surface area contributed by atoms with Gasteiger partial charge < -0.3 is 14.7 Å². The van der Waals surface area contributed by atoms with E-state index in [1.165, 1.54) is 18.5 Å². The zero-order valence-corrected chi connectivity index (χ0v) is 17.3. The maximum atomic E-state index is 12.2. The van der Waals surface area contributed by atoms with Gasteiger partial charge in [-0.15, -0.1) is 0 Å². The monoisotopic (exact) mass is 421 g/mol. The van der Waals surface area contributed by atoms with Crippen LogP contribution in [0.25, 0.3) is 0 Å². The Morgan fingerprint density at radius 3 is 2.76 bits per heavy atom. The van der Waals surface area contributed by atoms with Crippen LogP contribution in [-0.2, 0) is 16.6 Å². The molecule has 3 rings (SSSR count). The zero-order valence-electron chi connectivity index (χ0n) is 16.5. The highest BCUT2D eigenvalue weighted by molar-refractivity contribution is 7.89. The number of aliphatic imine (C=N–C) groups is 1. The molecule has 0 spiro atoms. The molecule has 0 aliphatic carbocycles. The first-order valence-corrected chi connectivity index (χ1v) is 11.1. The van der Waals surface area contributed by atoms with Crippen LogP contribution in [0.4, 0.5) is 0 Å². The first-order chi connectivity index (χ1) is 14.1. The predicted molar refractivity (Wildman–Crippen MR) is 109 cm³/mol. The first-order valence-electron chi connectivity index (χ1n) is 9.63. The fourth-order valence-electron chi connectivity index (χ4n) is 3.02. The van der Waals surface area contributed by atoms with Crippen molar-refractivity contribution >= 4 is 16.0 Å². The zero-order chi connectivity index (χ0) is 20.5. The Balaban J connectivity index is 1.48. The summed E-state index contributed by atoms with van der Waals surface area (Å²) >= 11 is 0. The number of pyridine rings is 1. The van der Waals surface area contributed by atoms with Gasteiger partial charge in [0.1, 0.15) is 11.2 Å². The van der Waals surface area contributed by atoms with Crippen LogP contribution in [0.5, 0.6) is 0 Å². The second-order valence-corrected chi connectivity index (χ2v) is 8.34. The third-order valence-corrected chi connectivity index (χ3v) is 5.94. The van der Waals surface area contributed by atoms with E-state index >= 15 is 0 Å². The lowest BCUT2D eigenvalue weighted by atomic mass is 10.3. The SMILES string of the molecule is CCNC(=NCCNS(=O)(=O)c1cccnc1)N1CCN(Cc2ccon2)CC1. The first kappa shape index (κ1) is 21.2. The van der Waals surface area contributed by atoms with E-state index in [1.54, 1.807) is 12.3 Å². The third-order valence-electron chi connectivity index (χ3n) is 4.49. The molecule has 1 aliphatic heterocycles. The van der Waals surface area contributed by atoms with E-state index in [9.17, 15) is 8.42 Å². The number of hydrogen-bond acceptors (Lipinski definition) is 7. The van der Waals surface area contributed by atoms with Crippen molar-refractivity contribution in [2.24, 2.45) is 4.99 Å². The molecule has 0 aromatic carbocycles. The third kappa shape index (κ3) is 6.24. The van der Waals surface area contributed by atoms with Gasteiger partial charge in [0.05, 0.1) is 12.2 Å². The highest BCUT2D eigenvalue weighted by Crippen LogP contribution is 2.08. The molecular formula is C18H27N7O3S. The minimum absolute atomic E-state index is 0.152. The molecule has 2 N–H and O–H groups in total. The summed E-state index contributed by atoms with van der Waals surface area (Å²) in [7, 11) is -3.56. The Morgan fingerprint density at radius 2 is 2.10 bits per heavy atom. The molecule has 0 radical (unpaired) electrons. The normalized spacial score (nSPS) is 16.2. The average molecular weight is 422 g/mol. The molecule has 3 heterocycles. The van der Waals surface area contributed by atoms with Crippen molar-refractivity contribution in [3.63, 3.8) is 0 Å². The highest BCUT2D eigenvalue weighted by Gasteiger charge is 2.20. The molecule has 2 aromatic heterocycles. The van der Waals surface area contributed by atoms with Crippen LogP contribution < -0.4 is 10.0 Å². The van der Waals surface area contributed by atoms with Crippen molar-refractivity contribution in [2.75, 3.05) is 45.8 Å². The topological polar surface area (TPSA) is 116 Å². The maximum Gasteiger partial charge on any atom is 0.242 e. The number of aromatic nitrogens is 2. The lowest BCUT2D eigenvalue weighted by molar-refractivity contribution is 0.169. The van der Waals surface area contributed by atoms with E-state index in [0.717, 1.165) is 50.9 Å². The molecule has 1 aliphatic rings. The minimum atomic E-state index is -3.56. The van der Waals surface area contributed by atoms with Gasteiger partial charge in [0.25, 0.3) is 0 Å². The standard InChI is InChI=1S/C18H27N7O3S/c1-2-20-18(21-7-8-22-29(26,27)17-4-3-6-19-14-17)25-11-9-24(10-12-25)15-16-5-13-28-23-16/h3-6,13-14,22H,2,7-12,15H2,1H3,(H,20,21). The lowest BCUT2D eigenvalue weighted by Crippen LogP contribution is -2.52. The summed E-state index contributed by atoms with van der Waals surface area (Å²) in [4.78, 5) is 13.1. The van der Waals surface area contributed by atoms with Gasteiger partial charge in [-0.05, 0) is 19.1 Å². The van der Waals surface area contributed by atoms with Crippen LogP contribution >= 0.6 is 0 Å². The highest BCUT2D eigenvalue weighted by atomic mass is 32.2. The van der Waals surface area contributed by atoms with Crippen LogP contribution in [0, 0.1) is 0 Å². The van der Waals surface area contributed by atoms with E-state index in [2.05, 4.69) is 35.0 Å². The molecule has 0 atom stereocenters. The molecule has 0 bridgehead atoms. The van der Waals surface area contributed by atoms with E-state index < -0.39 is 10.0 Å². The van der Waals surface area contributed by atoms with Gasteiger partial charge in [0, 0.05) is 64.3 Å². The van der Waals surface area contributed by atoms with E-state index in [0.29, 0.717) is 6.54 Å². The van der Waals surface area contributed by atoms with Gasteiger partial charge in [-0.25, -0.2) is 13.1 Å². The molecule has 1 fully saturated rings. The summed E-state index contributed by atoms with van der Waals surface area (Å²) < 4.78 is 31.9. The maximum absolute atomic E-state index is 12.2. The number of hydrogen-bond donors (Lipinski definition) is 2. The summed E-state index contributed by atoms with van der Waals surface area (Å²) in [6.07, 6.45) is 4.45. The fourth-order valence-corrected chi connectivity index (χ4v) is 4.01. The number of nitrogens with one attached hydrogen (secondary N) is 2. The van der Waals surface area contributed by atoms with Crippen molar-refractivity contribution in [1.82, 2.24) is 30.0 Å². The quantitative estimate of drug-likeness (QED) is 0.351. The number of piperazine rings is 1. The summed E-state index contributed by atoms with van der Waals surface area (Å²) in [5.74, 6) is 0.800. The number of guanidine groups is 1. The van der Waals surface area contributed by atoms with Crippen LogP contribution in [-0.4, -0.2) is 80.1 Å². The van der Waals surface area contributed by atoms with Gasteiger partial charge >= 0.3 is 0 Å². The Bertz CT molecular complexity index is 864. The Morgan fingerprint density at radius 1 is 1.28 bits per heavy atom. The summed E-state index contributed by atoms with van der Waals surface area (Å²) in [6.45, 7) is 7.57. The van der Waals surface area contributed by atoms with Crippen LogP contribution in [0.15, 0.2) is 51.3 Å². The Kier molecular flexibility index (Phi) is 7.55. The van der Waals surface area contributed by atoms with Crippen molar-refractivity contribution in [2.45, 2.75) is 18.4 Å². The molecule has 2 aromatic rings. The van der Waals surface area contributed by atoms with Crippen LogP contribution in [0.3, 0.4) is 0 Å². The fraction of sp³-hybridized carbons (Fsp3) is 0.500. The molecule has 0 saturated carbocycles. The average Bonchev–Trinajstić information content (AvgIpc) is 3.25. The van der Waals surface area contributed by atoms with Gasteiger partial charge in [0.2, 0.25) is 10.0 Å². The molecule has 0 amide bonds. The molecule has 10 nitrogen and oxygen atoms in total. The minimum Gasteiger partial charge on any atom is -0.364 e. The van der Waals surface area contributed by atoms with Gasteiger partial charge in [-0.2, -0.15) is 0 Å². The molecular weight excluding hydrogens is 394 g/mol. The van der Waals surface area contributed by atoms with Gasteiger partial charge in [-0.1, -0.05) is 5.16 Å². The van der Waals surface area contributed by atoms with Crippen molar-refractivity contribution in [1.29, 1.82) is 0 Å². The number of rotatable bonds is 8. The van der Waals surface area contributed by atoms with Gasteiger partial charge in [-0.3, -0.25) is 14.9 Å². The molecule has 0 unspecified atom stereocenters. The smallest absolute Gasteiger partial charge is 0.242 e. The van der Waals surface area contributed by atoms with Gasteiger partial charge in [0.15, 0.2) is 5.96 Å². The summed E-state index contributed by atoms with van der Waals surface area (Å²) in [5.41, 5.74) is 0.930. The summed E-state index contributed by atoms with van der Waals surface area (Å²) in [6, 6.07) is 4.99. The van der Waals surface area contributed by atoms with Crippen molar-refractivity contribution in [3.8, 4) is 0 Å². The predicted octanol–water partition coefficient (Wildman–Crippen LogP) is 0.131. The molecule has 158 valence electrons. The summed E-state index contributed by atoms with van der Waals surface area (Å²) in [5, 5.41) is 7.24. The largest absolute Gasteiger partial charge is 0.364 e. The number of sulfonamides is 1. The Hall–Kier alpha value is -2.50. The van der Waals surface area contributed by atoms with E-state index in [4.69, 9.17) is 4.52 Å². The second kappa shape index (κ2) is 10.3. The van der Waals surface area contributed by atoms with Crippen molar-refractivity contribution < 1.29 is 12.9 Å². The number of nitrogens with zero attached hydrogens (tertiary/aromatic N) is 5. The van der Waals surface area contributed by atoms with Crippen LogP contribution in [0.1, 0.15) is 12.6 Å². The van der Waals surface area contributed by atoms with E-state index in [1.807, 2.05) is 13.0 Å². The Labute approximate surface area is 171 Å². The molecule has 11 heteroatoms. The van der Waals surface area contributed by atoms with Crippen LogP contribution in [0.2, 0.25) is 0 Å². The van der Waals surface area contributed by atoms with E-state index in [-0.39, 0.29) is 11.4 Å². The molecule has 1 saturated heterocycles. The lowest BCUT2D eigenvalue weighted by Gasteiger charge is -2.36. The molecule has 29 heavy (non-hydrogen) atoms. The van der Waals surface area contributed by atoms with Crippen molar-refractivity contribution in [3.05, 3.63) is 42.5 Å². The second-order valence-electron chi connectivity index (χ2n) is 6.58.